The van der Waals surface area contributed by atoms with Gasteiger partial charge in [0.15, 0.2) is 9.84 Å². The van der Waals surface area contributed by atoms with E-state index in [1.54, 1.807) is 12.1 Å². The molecule has 2 aliphatic heterocycles. The number of nitrogens with zero attached hydrogens (tertiary/aromatic N) is 2. The van der Waals surface area contributed by atoms with Crippen molar-refractivity contribution in [3.05, 3.63) is 29.8 Å². The summed E-state index contributed by atoms with van der Waals surface area (Å²) in [5, 5.41) is 9.44. The fourth-order valence-corrected chi connectivity index (χ4v) is 6.19. The Morgan fingerprint density at radius 3 is 2.58 bits per heavy atom. The summed E-state index contributed by atoms with van der Waals surface area (Å²) in [7, 11) is -8.20. The summed E-state index contributed by atoms with van der Waals surface area (Å²) in [4.78, 5) is 2.00. The van der Waals surface area contributed by atoms with Gasteiger partial charge in [-0.15, -0.1) is 0 Å². The van der Waals surface area contributed by atoms with Crippen LogP contribution in [0.1, 0.15) is 5.56 Å². The fraction of sp³-hybridized carbons (Fsp3) is 0.500. The minimum absolute atomic E-state index is 0.0399. The van der Waals surface area contributed by atoms with Crippen LogP contribution in [-0.2, 0) is 26.9 Å². The maximum absolute atomic E-state index is 12.4. The van der Waals surface area contributed by atoms with Gasteiger partial charge in [-0.1, -0.05) is 16.0 Å². The van der Waals surface area contributed by atoms with Crippen LogP contribution in [0, 0.1) is 22.7 Å². The molecule has 0 spiro atoms. The van der Waals surface area contributed by atoms with Crippen LogP contribution in [0.4, 0.5) is 3.89 Å². The summed E-state index contributed by atoms with van der Waals surface area (Å²) in [5.74, 6) is -0.372. The highest BCUT2D eigenvalue weighted by molar-refractivity contribution is 7.91. The van der Waals surface area contributed by atoms with Crippen molar-refractivity contribution in [3.8, 4) is 11.8 Å². The van der Waals surface area contributed by atoms with Gasteiger partial charge in [-0.2, -0.15) is 13.7 Å². The summed E-state index contributed by atoms with van der Waals surface area (Å²) >= 11 is 0. The number of rotatable bonds is 4. The molecule has 2 atom stereocenters. The van der Waals surface area contributed by atoms with Gasteiger partial charge in [0, 0.05) is 25.6 Å². The van der Waals surface area contributed by atoms with Gasteiger partial charge in [0.25, 0.3) is 0 Å². The molecule has 2 saturated heterocycles. The molecule has 24 heavy (non-hydrogen) atoms. The van der Waals surface area contributed by atoms with E-state index in [1.807, 2.05) is 4.90 Å². The van der Waals surface area contributed by atoms with Gasteiger partial charge in [-0.05, 0) is 17.7 Å². The number of halogens is 1. The van der Waals surface area contributed by atoms with Crippen molar-refractivity contribution in [2.24, 2.45) is 11.3 Å². The van der Waals surface area contributed by atoms with Crippen molar-refractivity contribution in [1.29, 1.82) is 5.26 Å². The number of sulfone groups is 1. The van der Waals surface area contributed by atoms with Crippen molar-refractivity contribution in [2.75, 3.05) is 24.6 Å². The molecule has 0 amide bonds. The lowest BCUT2D eigenvalue weighted by Crippen LogP contribution is -2.30. The van der Waals surface area contributed by atoms with E-state index in [2.05, 4.69) is 10.3 Å². The van der Waals surface area contributed by atoms with Crippen molar-refractivity contribution < 1.29 is 24.9 Å². The van der Waals surface area contributed by atoms with Crippen LogP contribution in [-0.4, -0.2) is 46.3 Å². The monoisotopic (exact) mass is 374 g/mol. The molecular weight excluding hydrogens is 359 g/mol. The van der Waals surface area contributed by atoms with Crippen LogP contribution in [0.3, 0.4) is 0 Å². The minimum Gasteiger partial charge on any atom is -0.358 e. The Hall–Kier alpha value is -1.70. The maximum Gasteiger partial charge on any atom is 0.488 e. The Balaban J connectivity index is 1.68. The molecular formula is C14H15FN2O5S2. The Morgan fingerprint density at radius 2 is 2.04 bits per heavy atom. The summed E-state index contributed by atoms with van der Waals surface area (Å²) in [6.07, 6.45) is 0. The molecule has 0 aromatic heterocycles. The summed E-state index contributed by atoms with van der Waals surface area (Å²) in [6.45, 7) is 1.39. The zero-order valence-electron chi connectivity index (χ0n) is 12.6. The normalized spacial score (nSPS) is 29.1. The topological polar surface area (TPSA) is 105 Å². The zero-order valence-corrected chi connectivity index (χ0v) is 14.2. The van der Waals surface area contributed by atoms with E-state index in [9.17, 15) is 26.0 Å². The van der Waals surface area contributed by atoms with Crippen LogP contribution in [0.15, 0.2) is 24.3 Å². The fourth-order valence-electron chi connectivity index (χ4n) is 3.52. The molecule has 7 nitrogen and oxygen atoms in total. The number of nitriles is 1. The average Bonchev–Trinajstić information content (AvgIpc) is 2.88. The van der Waals surface area contributed by atoms with Crippen molar-refractivity contribution in [3.63, 3.8) is 0 Å². The highest BCUT2D eigenvalue weighted by Crippen LogP contribution is 2.43. The first-order valence-electron chi connectivity index (χ1n) is 7.18. The molecule has 2 aliphatic rings. The Kier molecular flexibility index (Phi) is 4.06. The van der Waals surface area contributed by atoms with Crippen LogP contribution in [0.25, 0.3) is 0 Å². The first-order chi connectivity index (χ1) is 11.1. The average molecular weight is 374 g/mol. The first-order valence-corrected chi connectivity index (χ1v) is 10.3. The number of hydrogen-bond donors (Lipinski definition) is 0. The van der Waals surface area contributed by atoms with Crippen LogP contribution < -0.4 is 4.18 Å². The minimum atomic E-state index is -5.05. The molecule has 3 rings (SSSR count). The molecule has 10 heteroatoms. The third-order valence-corrected chi connectivity index (χ3v) is 6.70. The molecule has 0 N–H and O–H groups in total. The van der Waals surface area contributed by atoms with Crippen molar-refractivity contribution in [1.82, 2.24) is 4.90 Å². The van der Waals surface area contributed by atoms with E-state index in [0.29, 0.717) is 19.6 Å². The van der Waals surface area contributed by atoms with Gasteiger partial charge in [0.05, 0.1) is 23.0 Å². The molecule has 0 aliphatic carbocycles. The van der Waals surface area contributed by atoms with E-state index < -0.39 is 25.8 Å². The smallest absolute Gasteiger partial charge is 0.358 e. The number of hydrogen-bond acceptors (Lipinski definition) is 7. The van der Waals surface area contributed by atoms with Gasteiger partial charge >= 0.3 is 10.5 Å². The Bertz CT molecular complexity index is 892. The lowest BCUT2D eigenvalue weighted by molar-refractivity contribution is 0.303. The van der Waals surface area contributed by atoms with Gasteiger partial charge in [0.2, 0.25) is 0 Å². The third-order valence-electron chi connectivity index (χ3n) is 4.45. The number of likely N-dealkylation sites (tertiary alicyclic amines) is 1. The first kappa shape index (κ1) is 17.1. The van der Waals surface area contributed by atoms with Crippen molar-refractivity contribution >= 4 is 20.3 Å². The highest BCUT2D eigenvalue weighted by Gasteiger charge is 2.55. The summed E-state index contributed by atoms with van der Waals surface area (Å²) in [5.41, 5.74) is -0.0148. The summed E-state index contributed by atoms with van der Waals surface area (Å²) in [6, 6.07) is 8.08. The molecule has 0 radical (unpaired) electrons. The largest absolute Gasteiger partial charge is 0.488 e. The second-order valence-corrected chi connectivity index (χ2v) is 9.37. The lowest BCUT2D eigenvalue weighted by Gasteiger charge is -2.19. The number of fused-ring (bicyclic) bond motifs is 1. The molecule has 0 saturated carbocycles. The van der Waals surface area contributed by atoms with E-state index in [1.165, 1.54) is 12.1 Å². The molecule has 2 heterocycles. The molecule has 0 unspecified atom stereocenters. The second kappa shape index (κ2) is 5.68. The molecule has 1 aromatic rings. The Morgan fingerprint density at radius 1 is 1.38 bits per heavy atom. The Labute approximate surface area is 140 Å². The van der Waals surface area contributed by atoms with Crippen LogP contribution in [0.5, 0.6) is 5.75 Å². The van der Waals surface area contributed by atoms with Gasteiger partial charge in [-0.3, -0.25) is 4.90 Å². The maximum atomic E-state index is 12.4. The standard InChI is InChI=1S/C14H15FN2O5S2/c15-24(20,21)22-13-3-1-11(2-4-13)5-17-6-12-7-23(18,19)10-14(12,8-16)9-17/h1-4,12H,5-7,9-10H2/t12-,14+/m1/s1. The van der Waals surface area contributed by atoms with Crippen LogP contribution >= 0.6 is 0 Å². The lowest BCUT2D eigenvalue weighted by atomic mass is 9.83. The SMILES string of the molecule is N#C[C@@]12CN(Cc3ccc(OS(=O)(=O)F)cc3)C[C@@H]1CS(=O)(=O)C2. The third kappa shape index (κ3) is 3.53. The molecule has 2 fully saturated rings. The van der Waals surface area contributed by atoms with E-state index in [0.717, 1.165) is 5.56 Å². The number of benzene rings is 1. The highest BCUT2D eigenvalue weighted by atomic mass is 32.3. The molecule has 1 aromatic carbocycles. The van der Waals surface area contributed by atoms with E-state index >= 15 is 0 Å². The summed E-state index contributed by atoms with van der Waals surface area (Å²) < 4.78 is 60.9. The second-order valence-electron chi connectivity index (χ2n) is 6.31. The molecule has 0 bridgehead atoms. The van der Waals surface area contributed by atoms with E-state index in [4.69, 9.17) is 0 Å². The predicted molar refractivity (Wildman–Crippen MR) is 82.6 cm³/mol. The van der Waals surface area contributed by atoms with Crippen molar-refractivity contribution in [2.45, 2.75) is 6.54 Å². The zero-order chi connectivity index (χ0) is 17.6. The predicted octanol–water partition coefficient (Wildman–Crippen LogP) is 0.650. The van der Waals surface area contributed by atoms with Gasteiger partial charge < -0.3 is 4.18 Å². The van der Waals surface area contributed by atoms with Gasteiger partial charge in [-0.25, -0.2) is 8.42 Å². The molecule has 130 valence electrons. The quantitative estimate of drug-likeness (QED) is 0.713. The van der Waals surface area contributed by atoms with Gasteiger partial charge in [0.1, 0.15) is 5.75 Å². The van der Waals surface area contributed by atoms with E-state index in [-0.39, 0.29) is 23.2 Å². The van der Waals surface area contributed by atoms with Crippen LogP contribution in [0.2, 0.25) is 0 Å².